The number of hydrogen-bond acceptors (Lipinski definition) is 4. The van der Waals surface area contributed by atoms with Crippen LogP contribution in [0.2, 0.25) is 0 Å². The van der Waals surface area contributed by atoms with E-state index in [2.05, 4.69) is 0 Å². The van der Waals surface area contributed by atoms with Crippen LogP contribution in [0.15, 0.2) is 42.5 Å². The van der Waals surface area contributed by atoms with Gasteiger partial charge in [0.1, 0.15) is 18.3 Å². The number of benzene rings is 1. The Kier molecular flexibility index (Phi) is 3.41. The van der Waals surface area contributed by atoms with Gasteiger partial charge < -0.3 is 9.47 Å². The van der Waals surface area contributed by atoms with Crippen LogP contribution >= 0.6 is 0 Å². The molecule has 0 aromatic heterocycles. The van der Waals surface area contributed by atoms with Crippen LogP contribution in [0, 0.1) is 5.92 Å². The van der Waals surface area contributed by atoms with Crippen LogP contribution in [0.5, 0.6) is 0 Å². The number of rotatable bonds is 3. The van der Waals surface area contributed by atoms with Crippen molar-refractivity contribution in [3.05, 3.63) is 48.0 Å². The van der Waals surface area contributed by atoms with E-state index in [-0.39, 0.29) is 30.2 Å². The summed E-state index contributed by atoms with van der Waals surface area (Å²) in [5, 5.41) is 0. The number of carbonyl (C=O) groups excluding carboxylic acids is 2. The highest BCUT2D eigenvalue weighted by Crippen LogP contribution is 2.50. The lowest BCUT2D eigenvalue weighted by Gasteiger charge is -2.33. The smallest absolute Gasteiger partial charge is 0.302 e. The van der Waals surface area contributed by atoms with Crippen molar-refractivity contribution < 1.29 is 19.1 Å². The first-order valence-corrected chi connectivity index (χ1v) is 7.13. The molecule has 0 radical (unpaired) electrons. The highest BCUT2D eigenvalue weighted by Gasteiger charge is 2.56. The van der Waals surface area contributed by atoms with Gasteiger partial charge in [0, 0.05) is 12.8 Å². The molecule has 2 bridgehead atoms. The molecular weight excluding hydrogens is 268 g/mol. The van der Waals surface area contributed by atoms with Gasteiger partial charge in [0.05, 0.1) is 0 Å². The van der Waals surface area contributed by atoms with Crippen LogP contribution in [-0.2, 0) is 19.1 Å². The predicted octanol–water partition coefficient (Wildman–Crippen LogP) is 2.25. The Bertz CT molecular complexity index is 592. The van der Waals surface area contributed by atoms with Gasteiger partial charge in [0.25, 0.3) is 0 Å². The van der Waals surface area contributed by atoms with E-state index in [0.717, 1.165) is 5.56 Å². The second-order valence-electron chi connectivity index (χ2n) is 5.76. The van der Waals surface area contributed by atoms with Crippen molar-refractivity contribution in [2.45, 2.75) is 31.5 Å². The third-order valence-corrected chi connectivity index (χ3v) is 4.35. The highest BCUT2D eigenvalue weighted by molar-refractivity contribution is 5.95. The van der Waals surface area contributed by atoms with E-state index in [1.165, 1.54) is 6.92 Å². The zero-order valence-corrected chi connectivity index (χ0v) is 12.1. The fourth-order valence-electron chi connectivity index (χ4n) is 3.45. The average molecular weight is 286 g/mol. The minimum atomic E-state index is -0.745. The van der Waals surface area contributed by atoms with Crippen LogP contribution < -0.4 is 0 Å². The van der Waals surface area contributed by atoms with Crippen LogP contribution in [-0.4, -0.2) is 30.1 Å². The van der Waals surface area contributed by atoms with Crippen molar-refractivity contribution in [3.8, 4) is 0 Å². The predicted molar refractivity (Wildman–Crippen MR) is 76.7 cm³/mol. The van der Waals surface area contributed by atoms with Gasteiger partial charge in [-0.2, -0.15) is 0 Å². The maximum atomic E-state index is 12.0. The molecule has 0 unspecified atom stereocenters. The van der Waals surface area contributed by atoms with Gasteiger partial charge in [0.2, 0.25) is 0 Å². The minimum absolute atomic E-state index is 0.00856. The third kappa shape index (κ3) is 2.29. The van der Waals surface area contributed by atoms with Gasteiger partial charge in [-0.05, 0) is 23.6 Å². The second-order valence-corrected chi connectivity index (χ2v) is 5.76. The first-order chi connectivity index (χ1) is 10.0. The Morgan fingerprint density at radius 3 is 2.71 bits per heavy atom. The maximum Gasteiger partial charge on any atom is 0.302 e. The fourth-order valence-corrected chi connectivity index (χ4v) is 3.45. The molecule has 2 aliphatic heterocycles. The van der Waals surface area contributed by atoms with Crippen molar-refractivity contribution in [1.82, 2.24) is 0 Å². The van der Waals surface area contributed by atoms with Gasteiger partial charge in [-0.1, -0.05) is 37.3 Å². The van der Waals surface area contributed by atoms with Gasteiger partial charge >= 0.3 is 5.97 Å². The van der Waals surface area contributed by atoms with Crippen molar-refractivity contribution in [1.29, 1.82) is 0 Å². The lowest BCUT2D eigenvalue weighted by molar-refractivity contribution is -0.152. The zero-order chi connectivity index (χ0) is 15.0. The molecule has 1 aromatic carbocycles. The second kappa shape index (κ2) is 5.11. The largest absolute Gasteiger partial charge is 0.462 e. The van der Waals surface area contributed by atoms with Crippen molar-refractivity contribution >= 4 is 11.8 Å². The molecule has 0 amide bonds. The van der Waals surface area contributed by atoms with Gasteiger partial charge in [-0.3, -0.25) is 9.59 Å². The summed E-state index contributed by atoms with van der Waals surface area (Å²) >= 11 is 0. The molecule has 3 rings (SSSR count). The summed E-state index contributed by atoms with van der Waals surface area (Å²) in [7, 11) is 0. The van der Waals surface area contributed by atoms with Crippen LogP contribution in [0.25, 0.3) is 0 Å². The summed E-state index contributed by atoms with van der Waals surface area (Å²) < 4.78 is 11.2. The molecule has 2 heterocycles. The molecule has 4 atom stereocenters. The Morgan fingerprint density at radius 1 is 1.33 bits per heavy atom. The van der Waals surface area contributed by atoms with E-state index in [0.29, 0.717) is 0 Å². The molecule has 1 fully saturated rings. The first-order valence-electron chi connectivity index (χ1n) is 7.13. The topological polar surface area (TPSA) is 52.6 Å². The lowest BCUT2D eigenvalue weighted by Crippen LogP contribution is -2.41. The molecule has 4 heteroatoms. The summed E-state index contributed by atoms with van der Waals surface area (Å²) in [5.74, 6) is -0.336. The molecule has 0 aliphatic carbocycles. The lowest BCUT2D eigenvalue weighted by atomic mass is 9.77. The Morgan fingerprint density at radius 2 is 2.05 bits per heavy atom. The number of esters is 1. The van der Waals surface area contributed by atoms with E-state index in [4.69, 9.17) is 9.47 Å². The molecule has 0 spiro atoms. The standard InChI is InChI=1S/C17H18O4/c1-11-15(13-6-4-3-5-7-13)17(10-20-12(2)18)9-8-14(19)16(11)21-17/h3-9,11,15-16H,10H2,1-2H3/t11-,15+,16-,17+/m1/s1. The normalized spacial score (nSPS) is 34.0. The summed E-state index contributed by atoms with van der Waals surface area (Å²) in [4.78, 5) is 23.2. The molecular formula is C17H18O4. The Labute approximate surface area is 123 Å². The highest BCUT2D eigenvalue weighted by atomic mass is 16.6. The van der Waals surface area contributed by atoms with E-state index in [9.17, 15) is 9.59 Å². The SMILES string of the molecule is CC(=O)OC[C@]12C=CC(=O)[C@H](O1)[C@H](C)[C@H]2c1ccccc1. The molecule has 4 nitrogen and oxygen atoms in total. The molecule has 0 N–H and O–H groups in total. The number of ether oxygens (including phenoxy) is 2. The summed E-state index contributed by atoms with van der Waals surface area (Å²) in [6, 6.07) is 9.94. The van der Waals surface area contributed by atoms with Gasteiger partial charge in [-0.15, -0.1) is 0 Å². The number of hydrogen-bond donors (Lipinski definition) is 0. The fraction of sp³-hybridized carbons (Fsp3) is 0.412. The minimum Gasteiger partial charge on any atom is -0.462 e. The average Bonchev–Trinajstić information content (AvgIpc) is 2.72. The molecule has 110 valence electrons. The van der Waals surface area contributed by atoms with Crippen LogP contribution in [0.1, 0.15) is 25.3 Å². The number of carbonyl (C=O) groups is 2. The zero-order valence-electron chi connectivity index (χ0n) is 12.1. The monoisotopic (exact) mass is 286 g/mol. The van der Waals surface area contributed by atoms with Crippen molar-refractivity contribution in [3.63, 3.8) is 0 Å². The van der Waals surface area contributed by atoms with Crippen LogP contribution in [0.3, 0.4) is 0 Å². The van der Waals surface area contributed by atoms with Gasteiger partial charge in [-0.25, -0.2) is 0 Å². The van der Waals surface area contributed by atoms with Gasteiger partial charge in [0.15, 0.2) is 5.78 Å². The van der Waals surface area contributed by atoms with E-state index < -0.39 is 11.7 Å². The molecule has 21 heavy (non-hydrogen) atoms. The molecule has 2 aliphatic rings. The summed E-state index contributed by atoms with van der Waals surface area (Å²) in [6.45, 7) is 3.52. The molecule has 1 saturated heterocycles. The summed E-state index contributed by atoms with van der Waals surface area (Å²) in [5.41, 5.74) is 0.351. The van der Waals surface area contributed by atoms with E-state index in [1.807, 2.05) is 37.3 Å². The maximum absolute atomic E-state index is 12.0. The van der Waals surface area contributed by atoms with Crippen molar-refractivity contribution in [2.24, 2.45) is 5.92 Å². The van der Waals surface area contributed by atoms with Crippen LogP contribution in [0.4, 0.5) is 0 Å². The van der Waals surface area contributed by atoms with E-state index >= 15 is 0 Å². The molecule has 1 aromatic rings. The van der Waals surface area contributed by atoms with E-state index in [1.54, 1.807) is 12.2 Å². The quantitative estimate of drug-likeness (QED) is 0.800. The first kappa shape index (κ1) is 14.0. The third-order valence-electron chi connectivity index (χ3n) is 4.35. The molecule has 0 saturated carbocycles. The Balaban J connectivity index is 2.01. The number of fused-ring (bicyclic) bond motifs is 2. The summed E-state index contributed by atoms with van der Waals surface area (Å²) in [6.07, 6.45) is 2.86. The number of ketones is 1. The Hall–Kier alpha value is -1.94. The van der Waals surface area contributed by atoms with Crippen molar-refractivity contribution in [2.75, 3.05) is 6.61 Å².